The molecule has 2 heterocycles. The van der Waals surface area contributed by atoms with Crippen molar-refractivity contribution in [2.24, 2.45) is 0 Å². The fourth-order valence-corrected chi connectivity index (χ4v) is 4.44. The number of hydrogen-bond donors (Lipinski definition) is 2. The second-order valence-corrected chi connectivity index (χ2v) is 8.85. The molecule has 29 heavy (non-hydrogen) atoms. The van der Waals surface area contributed by atoms with Crippen molar-refractivity contribution in [3.8, 4) is 11.1 Å². The van der Waals surface area contributed by atoms with E-state index in [1.807, 2.05) is 49.5 Å². The van der Waals surface area contributed by atoms with Crippen LogP contribution in [0.1, 0.15) is 0 Å². The number of nitrogens with zero attached hydrogens (tertiary/aromatic N) is 2. The number of aromatic nitrogens is 2. The van der Waals surface area contributed by atoms with Crippen LogP contribution in [0, 0.1) is 0 Å². The average molecular weight is 427 g/mol. The molecule has 148 valence electrons. The highest BCUT2D eigenvalue weighted by Crippen LogP contribution is 2.36. The van der Waals surface area contributed by atoms with E-state index in [0.29, 0.717) is 16.7 Å². The standard InChI is InChI=1S/C21H19ClN4O2S/c1-26(2)15-8-6-7-14(11-15)17-13-23-21-20(17)18(12-19(22)24-21)25-29(27,28)16-9-4-3-5-10-16/h3-13H,1-2H3,(H2,23,24,25). The predicted molar refractivity (Wildman–Crippen MR) is 118 cm³/mol. The number of benzene rings is 2. The van der Waals surface area contributed by atoms with Gasteiger partial charge >= 0.3 is 0 Å². The molecule has 0 aliphatic heterocycles. The molecule has 0 saturated heterocycles. The molecule has 0 amide bonds. The summed E-state index contributed by atoms with van der Waals surface area (Å²) in [4.78, 5) is 9.59. The van der Waals surface area contributed by atoms with Crippen molar-refractivity contribution in [1.29, 1.82) is 0 Å². The van der Waals surface area contributed by atoms with Gasteiger partial charge in [0.25, 0.3) is 10.0 Å². The molecule has 0 spiro atoms. The van der Waals surface area contributed by atoms with E-state index < -0.39 is 10.0 Å². The maximum Gasteiger partial charge on any atom is 0.261 e. The average Bonchev–Trinajstić information content (AvgIpc) is 3.12. The van der Waals surface area contributed by atoms with Crippen molar-refractivity contribution in [2.75, 3.05) is 23.7 Å². The Labute approximate surface area is 174 Å². The fraction of sp³-hybridized carbons (Fsp3) is 0.0952. The molecule has 0 aliphatic carbocycles. The second-order valence-electron chi connectivity index (χ2n) is 6.78. The lowest BCUT2D eigenvalue weighted by atomic mass is 10.0. The lowest BCUT2D eigenvalue weighted by molar-refractivity contribution is 0.601. The van der Waals surface area contributed by atoms with E-state index in [-0.39, 0.29) is 10.0 Å². The molecular formula is C21H19ClN4O2S. The van der Waals surface area contributed by atoms with Gasteiger partial charge in [0.2, 0.25) is 0 Å². The Bertz CT molecular complexity index is 1280. The molecule has 4 rings (SSSR count). The molecule has 0 radical (unpaired) electrons. The summed E-state index contributed by atoms with van der Waals surface area (Å²) < 4.78 is 28.4. The van der Waals surface area contributed by atoms with Crippen LogP contribution < -0.4 is 9.62 Å². The lowest BCUT2D eigenvalue weighted by Crippen LogP contribution is -2.13. The van der Waals surface area contributed by atoms with Crippen LogP contribution in [0.5, 0.6) is 0 Å². The van der Waals surface area contributed by atoms with Gasteiger partial charge in [-0.05, 0) is 29.8 Å². The predicted octanol–water partition coefficient (Wildman–Crippen LogP) is 4.75. The van der Waals surface area contributed by atoms with Gasteiger partial charge in [-0.25, -0.2) is 13.4 Å². The SMILES string of the molecule is CN(C)c1cccc(-c2c[nH]c3nc(Cl)cc(NS(=O)(=O)c4ccccc4)c23)c1. The topological polar surface area (TPSA) is 78.1 Å². The Morgan fingerprint density at radius 3 is 2.52 bits per heavy atom. The van der Waals surface area contributed by atoms with Crippen LogP contribution in [0.4, 0.5) is 11.4 Å². The number of sulfonamides is 1. The van der Waals surface area contributed by atoms with Crippen LogP contribution in [0.25, 0.3) is 22.2 Å². The third-order valence-electron chi connectivity index (χ3n) is 4.58. The van der Waals surface area contributed by atoms with Crippen LogP contribution >= 0.6 is 11.6 Å². The summed E-state index contributed by atoms with van der Waals surface area (Å²) in [6.45, 7) is 0. The second kappa shape index (κ2) is 7.42. The summed E-state index contributed by atoms with van der Waals surface area (Å²) in [6.07, 6.45) is 1.81. The number of halogens is 1. The van der Waals surface area contributed by atoms with E-state index in [2.05, 4.69) is 14.7 Å². The molecule has 0 bridgehead atoms. The van der Waals surface area contributed by atoms with Crippen LogP contribution in [0.2, 0.25) is 5.15 Å². The van der Waals surface area contributed by atoms with Crippen molar-refractivity contribution < 1.29 is 8.42 Å². The first-order chi connectivity index (χ1) is 13.8. The van der Waals surface area contributed by atoms with Gasteiger partial charge in [0, 0.05) is 37.6 Å². The Kier molecular flexibility index (Phi) is 4.94. The minimum absolute atomic E-state index is 0.174. The molecule has 2 aromatic carbocycles. The van der Waals surface area contributed by atoms with Gasteiger partial charge in [0.1, 0.15) is 10.8 Å². The molecule has 0 atom stereocenters. The minimum Gasteiger partial charge on any atom is -0.378 e. The summed E-state index contributed by atoms with van der Waals surface area (Å²) in [5, 5.41) is 0.850. The molecule has 8 heteroatoms. The number of pyridine rings is 1. The molecule has 4 aromatic rings. The van der Waals surface area contributed by atoms with Crippen LogP contribution in [-0.4, -0.2) is 32.5 Å². The fourth-order valence-electron chi connectivity index (χ4n) is 3.17. The van der Waals surface area contributed by atoms with Gasteiger partial charge in [-0.2, -0.15) is 0 Å². The number of anilines is 2. The van der Waals surface area contributed by atoms with Gasteiger partial charge < -0.3 is 9.88 Å². The molecular weight excluding hydrogens is 408 g/mol. The summed E-state index contributed by atoms with van der Waals surface area (Å²) >= 11 is 6.15. The quantitative estimate of drug-likeness (QED) is 0.451. The van der Waals surface area contributed by atoms with Crippen LogP contribution in [-0.2, 0) is 10.0 Å². The molecule has 2 N–H and O–H groups in total. The van der Waals surface area contributed by atoms with E-state index in [9.17, 15) is 8.42 Å². The van der Waals surface area contributed by atoms with Crippen molar-refractivity contribution >= 4 is 44.0 Å². The smallest absolute Gasteiger partial charge is 0.261 e. The first-order valence-corrected chi connectivity index (χ1v) is 10.7. The molecule has 2 aromatic heterocycles. The zero-order valence-corrected chi connectivity index (χ0v) is 17.4. The number of aromatic amines is 1. The van der Waals surface area contributed by atoms with Gasteiger partial charge in [-0.1, -0.05) is 41.9 Å². The molecule has 0 saturated carbocycles. The Morgan fingerprint density at radius 1 is 1.03 bits per heavy atom. The van der Waals surface area contributed by atoms with E-state index in [1.54, 1.807) is 30.3 Å². The Hall–Kier alpha value is -3.03. The van der Waals surface area contributed by atoms with E-state index in [1.165, 1.54) is 6.07 Å². The number of nitrogens with one attached hydrogen (secondary N) is 2. The van der Waals surface area contributed by atoms with Crippen LogP contribution in [0.3, 0.4) is 0 Å². The largest absolute Gasteiger partial charge is 0.378 e. The lowest BCUT2D eigenvalue weighted by Gasteiger charge is -2.14. The molecule has 6 nitrogen and oxygen atoms in total. The minimum atomic E-state index is -3.78. The highest BCUT2D eigenvalue weighted by molar-refractivity contribution is 7.92. The zero-order valence-electron chi connectivity index (χ0n) is 15.8. The summed E-state index contributed by atoms with van der Waals surface area (Å²) in [5.74, 6) is 0. The highest BCUT2D eigenvalue weighted by Gasteiger charge is 2.19. The molecule has 0 aliphatic rings. The van der Waals surface area contributed by atoms with Crippen molar-refractivity contribution in [1.82, 2.24) is 9.97 Å². The number of H-pyrrole nitrogens is 1. The van der Waals surface area contributed by atoms with E-state index in [4.69, 9.17) is 11.6 Å². The normalized spacial score (nSPS) is 11.6. The number of fused-ring (bicyclic) bond motifs is 1. The van der Waals surface area contributed by atoms with Gasteiger partial charge in [-0.15, -0.1) is 0 Å². The molecule has 0 unspecified atom stereocenters. The van der Waals surface area contributed by atoms with Gasteiger partial charge in [0.15, 0.2) is 0 Å². The van der Waals surface area contributed by atoms with E-state index >= 15 is 0 Å². The maximum absolute atomic E-state index is 12.9. The van der Waals surface area contributed by atoms with Crippen molar-refractivity contribution in [2.45, 2.75) is 4.90 Å². The molecule has 0 fully saturated rings. The van der Waals surface area contributed by atoms with Crippen molar-refractivity contribution in [3.63, 3.8) is 0 Å². The van der Waals surface area contributed by atoms with Crippen molar-refractivity contribution in [3.05, 3.63) is 72.0 Å². The Morgan fingerprint density at radius 2 is 1.79 bits per heavy atom. The first kappa shape index (κ1) is 19.3. The number of hydrogen-bond acceptors (Lipinski definition) is 4. The maximum atomic E-state index is 12.9. The summed E-state index contributed by atoms with van der Waals surface area (Å²) in [7, 11) is 0.156. The summed E-state index contributed by atoms with van der Waals surface area (Å²) in [6, 6.07) is 17.7. The Balaban J connectivity index is 1.87. The third-order valence-corrected chi connectivity index (χ3v) is 6.16. The van der Waals surface area contributed by atoms with Gasteiger partial charge in [0.05, 0.1) is 16.0 Å². The first-order valence-electron chi connectivity index (χ1n) is 8.88. The number of rotatable bonds is 5. The highest BCUT2D eigenvalue weighted by atomic mass is 35.5. The van der Waals surface area contributed by atoms with Gasteiger partial charge in [-0.3, -0.25) is 4.72 Å². The zero-order chi connectivity index (χ0) is 20.6. The summed E-state index contributed by atoms with van der Waals surface area (Å²) in [5.41, 5.74) is 3.68. The third kappa shape index (κ3) is 3.79. The monoisotopic (exact) mass is 426 g/mol. The van der Waals surface area contributed by atoms with Crippen LogP contribution in [0.15, 0.2) is 71.8 Å². The van der Waals surface area contributed by atoms with E-state index in [0.717, 1.165) is 16.8 Å².